The van der Waals surface area contributed by atoms with Gasteiger partial charge in [0, 0.05) is 11.1 Å². The Kier molecular flexibility index (Phi) is 5.22. The lowest BCUT2D eigenvalue weighted by atomic mass is 9.95. The van der Waals surface area contributed by atoms with Crippen LogP contribution in [0.25, 0.3) is 0 Å². The van der Waals surface area contributed by atoms with Crippen molar-refractivity contribution < 1.29 is 0 Å². The highest BCUT2D eigenvalue weighted by Crippen LogP contribution is 2.20. The number of benzene rings is 2. The molecule has 2 N–H and O–H groups in total. The fraction of sp³-hybridized carbons (Fsp3) is 0.333. The van der Waals surface area contributed by atoms with Crippen LogP contribution in [-0.4, -0.2) is 0 Å². The van der Waals surface area contributed by atoms with Gasteiger partial charge in [0.05, 0.1) is 0 Å². The number of halogens is 1. The molecule has 1 unspecified atom stereocenters. The Morgan fingerprint density at radius 1 is 0.950 bits per heavy atom. The predicted octanol–water partition coefficient (Wildman–Crippen LogP) is 4.78. The summed E-state index contributed by atoms with van der Waals surface area (Å²) in [6.45, 7) is 4.47. The van der Waals surface area contributed by atoms with Gasteiger partial charge in [-0.05, 0) is 47.6 Å². The van der Waals surface area contributed by atoms with E-state index in [-0.39, 0.29) is 6.04 Å². The highest BCUT2D eigenvalue weighted by Gasteiger charge is 2.08. The summed E-state index contributed by atoms with van der Waals surface area (Å²) in [7, 11) is 0. The maximum absolute atomic E-state index is 6.33. The molecule has 0 saturated heterocycles. The average molecular weight is 288 g/mol. The topological polar surface area (TPSA) is 26.0 Å². The second kappa shape index (κ2) is 6.92. The maximum atomic E-state index is 6.33. The van der Waals surface area contributed by atoms with Gasteiger partial charge in [0.2, 0.25) is 0 Å². The Balaban J connectivity index is 2.08. The van der Waals surface area contributed by atoms with Crippen molar-refractivity contribution in [2.75, 3.05) is 0 Å². The van der Waals surface area contributed by atoms with Gasteiger partial charge in [-0.15, -0.1) is 0 Å². The number of rotatable bonds is 5. The van der Waals surface area contributed by atoms with E-state index < -0.39 is 0 Å². The second-order valence-electron chi connectivity index (χ2n) is 5.78. The van der Waals surface area contributed by atoms with Crippen molar-refractivity contribution in [2.24, 2.45) is 11.7 Å². The molecule has 1 atom stereocenters. The van der Waals surface area contributed by atoms with Crippen LogP contribution in [0.1, 0.15) is 36.6 Å². The molecule has 0 spiro atoms. The predicted molar refractivity (Wildman–Crippen MR) is 87.1 cm³/mol. The lowest BCUT2D eigenvalue weighted by Crippen LogP contribution is -2.13. The van der Waals surface area contributed by atoms with Crippen molar-refractivity contribution in [3.63, 3.8) is 0 Å². The number of hydrogen-bond acceptors (Lipinski definition) is 1. The van der Waals surface area contributed by atoms with Gasteiger partial charge in [0.1, 0.15) is 0 Å². The third-order valence-corrected chi connectivity index (χ3v) is 3.64. The Bertz CT molecular complexity index is 546. The fourth-order valence-electron chi connectivity index (χ4n) is 2.41. The molecule has 0 radical (unpaired) electrons. The van der Waals surface area contributed by atoms with E-state index in [2.05, 4.69) is 38.1 Å². The van der Waals surface area contributed by atoms with Crippen LogP contribution in [0.5, 0.6) is 0 Å². The summed E-state index contributed by atoms with van der Waals surface area (Å²) in [4.78, 5) is 0. The number of hydrogen-bond donors (Lipinski definition) is 1. The van der Waals surface area contributed by atoms with Gasteiger partial charge in [-0.2, -0.15) is 0 Å². The molecule has 0 aliphatic heterocycles. The Morgan fingerprint density at radius 3 is 2.30 bits per heavy atom. The highest BCUT2D eigenvalue weighted by atomic mass is 35.5. The van der Waals surface area contributed by atoms with Crippen molar-refractivity contribution >= 4 is 11.6 Å². The van der Waals surface area contributed by atoms with Gasteiger partial charge in [-0.1, -0.05) is 61.8 Å². The maximum Gasteiger partial charge on any atom is 0.0406 e. The van der Waals surface area contributed by atoms with E-state index in [0.717, 1.165) is 17.9 Å². The highest BCUT2D eigenvalue weighted by molar-refractivity contribution is 6.30. The molecule has 0 aromatic heterocycles. The van der Waals surface area contributed by atoms with E-state index in [0.29, 0.717) is 5.92 Å². The normalized spacial score (nSPS) is 12.7. The van der Waals surface area contributed by atoms with Gasteiger partial charge in [0.25, 0.3) is 0 Å². The molecule has 2 aromatic rings. The SMILES string of the molecule is CC(C)Cc1cccc(C(N)Cc2ccc(Cl)cc2)c1. The van der Waals surface area contributed by atoms with Crippen molar-refractivity contribution in [3.8, 4) is 0 Å². The molecule has 0 saturated carbocycles. The zero-order valence-electron chi connectivity index (χ0n) is 12.1. The largest absolute Gasteiger partial charge is 0.324 e. The lowest BCUT2D eigenvalue weighted by Gasteiger charge is -2.14. The van der Waals surface area contributed by atoms with Gasteiger partial charge in [-0.3, -0.25) is 0 Å². The molecular formula is C18H22ClN. The molecule has 0 heterocycles. The summed E-state index contributed by atoms with van der Waals surface area (Å²) in [5, 5.41) is 0.765. The summed E-state index contributed by atoms with van der Waals surface area (Å²) in [6, 6.07) is 16.6. The molecule has 2 aromatic carbocycles. The molecule has 2 rings (SSSR count). The summed E-state index contributed by atoms with van der Waals surface area (Å²) < 4.78 is 0. The first-order valence-corrected chi connectivity index (χ1v) is 7.51. The minimum atomic E-state index is 0.0308. The van der Waals surface area contributed by atoms with E-state index in [1.807, 2.05) is 24.3 Å². The van der Waals surface area contributed by atoms with Crippen LogP contribution in [0, 0.1) is 5.92 Å². The van der Waals surface area contributed by atoms with Crippen LogP contribution in [0.2, 0.25) is 5.02 Å². The molecule has 0 amide bonds. The van der Waals surface area contributed by atoms with Gasteiger partial charge >= 0.3 is 0 Å². The van der Waals surface area contributed by atoms with E-state index in [1.54, 1.807) is 0 Å². The van der Waals surface area contributed by atoms with Crippen LogP contribution in [0.4, 0.5) is 0 Å². The third kappa shape index (κ3) is 4.36. The first kappa shape index (κ1) is 15.1. The summed E-state index contributed by atoms with van der Waals surface area (Å²) >= 11 is 5.90. The van der Waals surface area contributed by atoms with Crippen molar-refractivity contribution in [1.29, 1.82) is 0 Å². The third-order valence-electron chi connectivity index (χ3n) is 3.39. The van der Waals surface area contributed by atoms with Crippen molar-refractivity contribution in [3.05, 3.63) is 70.2 Å². The molecule has 0 aliphatic carbocycles. The van der Waals surface area contributed by atoms with Crippen molar-refractivity contribution in [2.45, 2.75) is 32.7 Å². The smallest absolute Gasteiger partial charge is 0.0406 e. The van der Waals surface area contributed by atoms with E-state index in [4.69, 9.17) is 17.3 Å². The average Bonchev–Trinajstić information content (AvgIpc) is 2.41. The molecule has 1 nitrogen and oxygen atoms in total. The van der Waals surface area contributed by atoms with E-state index >= 15 is 0 Å². The Hall–Kier alpha value is -1.31. The molecule has 0 fully saturated rings. The minimum absolute atomic E-state index is 0.0308. The van der Waals surface area contributed by atoms with Gasteiger partial charge in [-0.25, -0.2) is 0 Å². The summed E-state index contributed by atoms with van der Waals surface area (Å²) in [5.74, 6) is 0.665. The van der Waals surface area contributed by atoms with Crippen LogP contribution >= 0.6 is 11.6 Å². The number of nitrogens with two attached hydrogens (primary N) is 1. The quantitative estimate of drug-likeness (QED) is 0.841. The van der Waals surface area contributed by atoms with Gasteiger partial charge in [0.15, 0.2) is 0 Å². The molecule has 2 heteroatoms. The molecule has 0 bridgehead atoms. The first-order chi connectivity index (χ1) is 9.54. The standard InChI is InChI=1S/C18H22ClN/c1-13(2)10-15-4-3-5-16(11-15)18(20)12-14-6-8-17(19)9-7-14/h3-9,11,13,18H,10,12,20H2,1-2H3. The molecular weight excluding hydrogens is 266 g/mol. The summed E-state index contributed by atoms with van der Waals surface area (Å²) in [5.41, 5.74) is 10.1. The molecule has 106 valence electrons. The Labute approximate surface area is 126 Å². The second-order valence-corrected chi connectivity index (χ2v) is 6.22. The molecule has 0 aliphatic rings. The monoisotopic (exact) mass is 287 g/mol. The van der Waals surface area contributed by atoms with Crippen molar-refractivity contribution in [1.82, 2.24) is 0 Å². The molecule has 20 heavy (non-hydrogen) atoms. The van der Waals surface area contributed by atoms with Crippen LogP contribution in [0.3, 0.4) is 0 Å². The zero-order valence-corrected chi connectivity index (χ0v) is 12.9. The van der Waals surface area contributed by atoms with Crippen LogP contribution in [0.15, 0.2) is 48.5 Å². The lowest BCUT2D eigenvalue weighted by molar-refractivity contribution is 0.644. The van der Waals surface area contributed by atoms with E-state index in [9.17, 15) is 0 Å². The fourth-order valence-corrected chi connectivity index (χ4v) is 2.54. The van der Waals surface area contributed by atoms with Crippen LogP contribution < -0.4 is 5.73 Å². The van der Waals surface area contributed by atoms with E-state index in [1.165, 1.54) is 16.7 Å². The van der Waals surface area contributed by atoms with Crippen LogP contribution in [-0.2, 0) is 12.8 Å². The zero-order chi connectivity index (χ0) is 14.5. The summed E-state index contributed by atoms with van der Waals surface area (Å²) in [6.07, 6.45) is 1.93. The first-order valence-electron chi connectivity index (χ1n) is 7.13. The Morgan fingerprint density at radius 2 is 1.65 bits per heavy atom. The minimum Gasteiger partial charge on any atom is -0.324 e. The van der Waals surface area contributed by atoms with Gasteiger partial charge < -0.3 is 5.73 Å².